The van der Waals surface area contributed by atoms with Gasteiger partial charge in [-0.1, -0.05) is 24.3 Å². The van der Waals surface area contributed by atoms with Crippen LogP contribution in [0.4, 0.5) is 4.39 Å². The summed E-state index contributed by atoms with van der Waals surface area (Å²) in [5.74, 6) is 0.152. The van der Waals surface area contributed by atoms with Crippen molar-refractivity contribution in [3.63, 3.8) is 0 Å². The number of ether oxygens (including phenoxy) is 3. The Labute approximate surface area is 192 Å². The van der Waals surface area contributed by atoms with Crippen molar-refractivity contribution in [1.82, 2.24) is 0 Å². The molecule has 5 nitrogen and oxygen atoms in total. The minimum atomic E-state index is -0.600. The number of carbonyl (C=O) groups excluding carboxylic acids is 1. The van der Waals surface area contributed by atoms with Crippen LogP contribution in [0.15, 0.2) is 77.4 Å². The fourth-order valence-electron chi connectivity index (χ4n) is 2.99. The lowest BCUT2D eigenvalue weighted by molar-refractivity contribution is -0.129. The Bertz CT molecular complexity index is 1210. The number of benzene rings is 3. The van der Waals surface area contributed by atoms with Crippen LogP contribution in [-0.4, -0.2) is 19.0 Å². The quantitative estimate of drug-likeness (QED) is 0.245. The van der Waals surface area contributed by atoms with E-state index in [2.05, 4.69) is 27.6 Å². The maximum atomic E-state index is 13.4. The van der Waals surface area contributed by atoms with E-state index in [0.717, 1.165) is 9.13 Å². The van der Waals surface area contributed by atoms with Gasteiger partial charge in [0.15, 0.2) is 17.2 Å². The van der Waals surface area contributed by atoms with Crippen LogP contribution in [0.1, 0.15) is 16.7 Å². The summed E-state index contributed by atoms with van der Waals surface area (Å²) in [7, 11) is 1.55. The van der Waals surface area contributed by atoms with Crippen LogP contribution in [0, 0.1) is 9.39 Å². The molecule has 0 N–H and O–H groups in total. The van der Waals surface area contributed by atoms with Gasteiger partial charge >= 0.3 is 5.97 Å². The van der Waals surface area contributed by atoms with Crippen LogP contribution in [0.2, 0.25) is 0 Å². The summed E-state index contributed by atoms with van der Waals surface area (Å²) < 4.78 is 31.1. The Hall–Kier alpha value is -3.20. The van der Waals surface area contributed by atoms with Crippen LogP contribution >= 0.6 is 22.6 Å². The molecule has 4 rings (SSSR count). The maximum absolute atomic E-state index is 13.4. The van der Waals surface area contributed by atoms with Crippen molar-refractivity contribution in [2.45, 2.75) is 6.61 Å². The number of methoxy groups -OCH3 is 1. The molecule has 1 aliphatic heterocycles. The molecule has 31 heavy (non-hydrogen) atoms. The van der Waals surface area contributed by atoms with Crippen LogP contribution < -0.4 is 9.47 Å². The summed E-state index contributed by atoms with van der Waals surface area (Å²) in [5, 5.41) is 0. The average Bonchev–Trinajstić information content (AvgIpc) is 3.13. The van der Waals surface area contributed by atoms with Crippen molar-refractivity contribution in [2.75, 3.05) is 7.11 Å². The molecule has 3 aromatic rings. The molecular formula is C24H17FINO4. The van der Waals surface area contributed by atoms with E-state index < -0.39 is 11.8 Å². The van der Waals surface area contributed by atoms with E-state index in [-0.39, 0.29) is 11.6 Å². The molecule has 1 heterocycles. The fourth-order valence-corrected chi connectivity index (χ4v) is 3.60. The number of hydrogen-bond acceptors (Lipinski definition) is 5. The van der Waals surface area contributed by atoms with Gasteiger partial charge in [0, 0.05) is 9.13 Å². The lowest BCUT2D eigenvalue weighted by atomic mass is 10.1. The number of esters is 1. The van der Waals surface area contributed by atoms with Crippen molar-refractivity contribution in [3.05, 3.63) is 98.5 Å². The lowest BCUT2D eigenvalue weighted by Gasteiger charge is -2.11. The van der Waals surface area contributed by atoms with Gasteiger partial charge in [-0.3, -0.25) is 0 Å². The van der Waals surface area contributed by atoms with E-state index in [0.29, 0.717) is 29.2 Å². The van der Waals surface area contributed by atoms with Crippen molar-refractivity contribution < 1.29 is 23.4 Å². The number of carbonyl (C=O) groups is 1. The number of nitrogens with zero attached hydrogens (tertiary/aromatic N) is 1. The third kappa shape index (κ3) is 5.11. The third-order valence-corrected chi connectivity index (χ3v) is 5.14. The van der Waals surface area contributed by atoms with E-state index in [1.807, 2.05) is 24.3 Å². The summed E-state index contributed by atoms with van der Waals surface area (Å²) in [6, 6.07) is 19.1. The standard InChI is InChI=1S/C24H17FINO4/c1-29-22-12-15(8-9-21(22)30-14-16-4-2-7-19(26)10-16)11-20-24(28)31-23(27-20)17-5-3-6-18(25)13-17/h2-13H,14H2,1H3/b20-11-. The summed E-state index contributed by atoms with van der Waals surface area (Å²) >= 11 is 2.26. The number of hydrogen-bond donors (Lipinski definition) is 0. The summed E-state index contributed by atoms with van der Waals surface area (Å²) in [4.78, 5) is 16.4. The van der Waals surface area contributed by atoms with Gasteiger partial charge in [-0.2, -0.15) is 0 Å². The topological polar surface area (TPSA) is 57.1 Å². The van der Waals surface area contributed by atoms with Gasteiger partial charge in [-0.25, -0.2) is 14.2 Å². The molecule has 156 valence electrons. The molecule has 0 fully saturated rings. The molecule has 0 amide bonds. The van der Waals surface area contributed by atoms with Gasteiger partial charge in [0.1, 0.15) is 12.4 Å². The number of aliphatic imine (C=N–C) groups is 1. The predicted molar refractivity (Wildman–Crippen MR) is 123 cm³/mol. The molecule has 0 radical (unpaired) electrons. The highest BCUT2D eigenvalue weighted by atomic mass is 127. The van der Waals surface area contributed by atoms with E-state index in [4.69, 9.17) is 14.2 Å². The van der Waals surface area contributed by atoms with Gasteiger partial charge in [0.25, 0.3) is 0 Å². The molecular weight excluding hydrogens is 512 g/mol. The second-order valence-electron chi connectivity index (χ2n) is 6.68. The maximum Gasteiger partial charge on any atom is 0.363 e. The normalized spacial score (nSPS) is 14.4. The zero-order valence-corrected chi connectivity index (χ0v) is 18.6. The first-order valence-corrected chi connectivity index (χ1v) is 10.4. The predicted octanol–water partition coefficient (Wildman–Crippen LogP) is 5.36. The first kappa shape index (κ1) is 21.0. The minimum absolute atomic E-state index is 0.0696. The average molecular weight is 529 g/mol. The largest absolute Gasteiger partial charge is 0.493 e. The van der Waals surface area contributed by atoms with E-state index >= 15 is 0 Å². The molecule has 0 saturated heterocycles. The Balaban J connectivity index is 1.54. The summed E-state index contributed by atoms with van der Waals surface area (Å²) in [6.45, 7) is 0.404. The minimum Gasteiger partial charge on any atom is -0.493 e. The van der Waals surface area contributed by atoms with E-state index in [9.17, 15) is 9.18 Å². The molecule has 3 aromatic carbocycles. The molecule has 0 spiro atoms. The van der Waals surface area contributed by atoms with Gasteiger partial charge in [0.2, 0.25) is 5.90 Å². The Morgan fingerprint density at radius 2 is 1.90 bits per heavy atom. The Morgan fingerprint density at radius 3 is 2.68 bits per heavy atom. The number of rotatable bonds is 6. The fraction of sp³-hybridized carbons (Fsp3) is 0.0833. The van der Waals surface area contributed by atoms with Gasteiger partial charge in [-0.15, -0.1) is 0 Å². The van der Waals surface area contributed by atoms with Crippen molar-refractivity contribution in [1.29, 1.82) is 0 Å². The monoisotopic (exact) mass is 529 g/mol. The first-order valence-electron chi connectivity index (χ1n) is 9.35. The van der Waals surface area contributed by atoms with Crippen molar-refractivity contribution in [2.24, 2.45) is 4.99 Å². The smallest absolute Gasteiger partial charge is 0.363 e. The molecule has 0 aliphatic carbocycles. The second kappa shape index (κ2) is 9.30. The van der Waals surface area contributed by atoms with Crippen molar-refractivity contribution in [3.8, 4) is 11.5 Å². The SMILES string of the molecule is COc1cc(/C=C2\N=C(c3cccc(F)c3)OC2=O)ccc1OCc1cccc(I)c1. The Kier molecular flexibility index (Phi) is 6.31. The van der Waals surface area contributed by atoms with Crippen molar-refractivity contribution >= 4 is 40.5 Å². The third-order valence-electron chi connectivity index (χ3n) is 4.47. The highest BCUT2D eigenvalue weighted by Crippen LogP contribution is 2.30. The molecule has 0 bridgehead atoms. The summed E-state index contributed by atoms with van der Waals surface area (Å²) in [6.07, 6.45) is 1.58. The molecule has 0 atom stereocenters. The number of cyclic esters (lactones) is 1. The molecule has 7 heteroatoms. The van der Waals surface area contributed by atoms with Crippen LogP contribution in [-0.2, 0) is 16.1 Å². The molecule has 0 unspecified atom stereocenters. The number of halogens is 2. The summed E-state index contributed by atoms with van der Waals surface area (Å²) in [5.41, 5.74) is 2.25. The van der Waals surface area contributed by atoms with Gasteiger partial charge < -0.3 is 14.2 Å². The van der Waals surface area contributed by atoms with E-state index in [1.54, 1.807) is 37.5 Å². The van der Waals surface area contributed by atoms with Crippen LogP contribution in [0.5, 0.6) is 11.5 Å². The lowest BCUT2D eigenvalue weighted by Crippen LogP contribution is -2.05. The second-order valence-corrected chi connectivity index (χ2v) is 7.92. The van der Waals surface area contributed by atoms with Crippen LogP contribution in [0.25, 0.3) is 6.08 Å². The zero-order valence-electron chi connectivity index (χ0n) is 16.5. The Morgan fingerprint density at radius 1 is 1.06 bits per heavy atom. The highest BCUT2D eigenvalue weighted by molar-refractivity contribution is 14.1. The zero-order chi connectivity index (χ0) is 21.8. The van der Waals surface area contributed by atoms with E-state index in [1.165, 1.54) is 18.2 Å². The molecule has 0 aromatic heterocycles. The first-order chi connectivity index (χ1) is 15.0. The molecule has 0 saturated carbocycles. The highest BCUT2D eigenvalue weighted by Gasteiger charge is 2.24. The van der Waals surface area contributed by atoms with Crippen LogP contribution in [0.3, 0.4) is 0 Å². The van der Waals surface area contributed by atoms with Gasteiger partial charge in [0.05, 0.1) is 7.11 Å². The molecule has 1 aliphatic rings. The van der Waals surface area contributed by atoms with Gasteiger partial charge in [-0.05, 0) is 82.3 Å².